The second kappa shape index (κ2) is 5.34. The summed E-state index contributed by atoms with van der Waals surface area (Å²) < 4.78 is 25.3. The van der Waals surface area contributed by atoms with Crippen molar-refractivity contribution in [2.75, 3.05) is 11.0 Å². The summed E-state index contributed by atoms with van der Waals surface area (Å²) >= 11 is 0. The predicted octanol–water partition coefficient (Wildman–Crippen LogP) is 1.82. The number of anilines is 1. The Bertz CT molecular complexity index is 740. The van der Waals surface area contributed by atoms with Crippen LogP contribution in [0.2, 0.25) is 0 Å². The van der Waals surface area contributed by atoms with Crippen LogP contribution in [0.1, 0.15) is 10.4 Å². The zero-order chi connectivity index (χ0) is 14.8. The topological polar surface area (TPSA) is 89.3 Å². The maximum Gasteiger partial charge on any atom is 0.248 e. The van der Waals surface area contributed by atoms with Gasteiger partial charge in [-0.05, 0) is 17.7 Å². The number of carbonyl (C=O) groups is 1. The van der Waals surface area contributed by atoms with Gasteiger partial charge in [-0.1, -0.05) is 36.4 Å². The fourth-order valence-electron chi connectivity index (χ4n) is 1.85. The van der Waals surface area contributed by atoms with Crippen LogP contribution in [0.25, 0.3) is 11.1 Å². The highest BCUT2D eigenvalue weighted by molar-refractivity contribution is 7.92. The lowest BCUT2D eigenvalue weighted by molar-refractivity contribution is 0.100. The maximum atomic E-state index is 11.4. The Morgan fingerprint density at radius 3 is 2.30 bits per heavy atom. The summed E-state index contributed by atoms with van der Waals surface area (Å²) in [5, 5.41) is 0. The standard InChI is InChI=1S/C14H14N2O3S/c1-20(18,19)16-13-9-11(14(15)17)7-8-12(13)10-5-3-2-4-6-10/h2-9,16H,1H3,(H2,15,17). The van der Waals surface area contributed by atoms with E-state index in [0.29, 0.717) is 11.3 Å². The summed E-state index contributed by atoms with van der Waals surface area (Å²) in [5.74, 6) is -0.610. The molecule has 2 aromatic carbocycles. The highest BCUT2D eigenvalue weighted by atomic mass is 32.2. The molecule has 5 nitrogen and oxygen atoms in total. The summed E-state index contributed by atoms with van der Waals surface area (Å²) in [4.78, 5) is 11.2. The largest absolute Gasteiger partial charge is 0.366 e. The molecule has 2 aromatic rings. The zero-order valence-corrected chi connectivity index (χ0v) is 11.6. The lowest BCUT2D eigenvalue weighted by atomic mass is 10.0. The van der Waals surface area contributed by atoms with Crippen LogP contribution in [0.15, 0.2) is 48.5 Å². The minimum atomic E-state index is -3.45. The smallest absolute Gasteiger partial charge is 0.248 e. The molecule has 6 heteroatoms. The Morgan fingerprint density at radius 1 is 1.10 bits per heavy atom. The van der Waals surface area contributed by atoms with Crippen molar-refractivity contribution < 1.29 is 13.2 Å². The van der Waals surface area contributed by atoms with E-state index in [9.17, 15) is 13.2 Å². The lowest BCUT2D eigenvalue weighted by Crippen LogP contribution is -2.14. The molecule has 0 unspecified atom stereocenters. The minimum Gasteiger partial charge on any atom is -0.366 e. The first-order chi connectivity index (χ1) is 9.37. The third-order valence-corrected chi connectivity index (χ3v) is 3.27. The van der Waals surface area contributed by atoms with Crippen molar-refractivity contribution >= 4 is 21.6 Å². The molecule has 0 heterocycles. The lowest BCUT2D eigenvalue weighted by Gasteiger charge is -2.12. The summed E-state index contributed by atoms with van der Waals surface area (Å²) in [6, 6.07) is 13.9. The molecular weight excluding hydrogens is 276 g/mol. The molecule has 0 atom stereocenters. The number of hydrogen-bond acceptors (Lipinski definition) is 3. The molecule has 1 amide bonds. The van der Waals surface area contributed by atoms with Crippen LogP contribution in [-0.4, -0.2) is 20.6 Å². The van der Waals surface area contributed by atoms with Crippen molar-refractivity contribution in [3.05, 3.63) is 54.1 Å². The number of nitrogens with two attached hydrogens (primary N) is 1. The molecule has 0 saturated carbocycles. The molecule has 20 heavy (non-hydrogen) atoms. The SMILES string of the molecule is CS(=O)(=O)Nc1cc(C(N)=O)ccc1-c1ccccc1. The van der Waals surface area contributed by atoms with Crippen LogP contribution in [0.5, 0.6) is 0 Å². The molecule has 0 radical (unpaired) electrons. The first kappa shape index (κ1) is 14.1. The summed E-state index contributed by atoms with van der Waals surface area (Å²) in [6.07, 6.45) is 1.05. The highest BCUT2D eigenvalue weighted by Crippen LogP contribution is 2.29. The van der Waals surface area contributed by atoms with E-state index in [2.05, 4.69) is 4.72 Å². The first-order valence-corrected chi connectivity index (χ1v) is 7.73. The fourth-order valence-corrected chi connectivity index (χ4v) is 2.42. The quantitative estimate of drug-likeness (QED) is 0.900. The van der Waals surface area contributed by atoms with E-state index in [4.69, 9.17) is 5.73 Å². The Hall–Kier alpha value is -2.34. The van der Waals surface area contributed by atoms with E-state index >= 15 is 0 Å². The van der Waals surface area contributed by atoms with Gasteiger partial charge in [-0.3, -0.25) is 9.52 Å². The number of amides is 1. The van der Waals surface area contributed by atoms with Gasteiger partial charge in [0.1, 0.15) is 0 Å². The second-order valence-corrected chi connectivity index (χ2v) is 6.11. The molecule has 0 bridgehead atoms. The van der Waals surface area contributed by atoms with Crippen molar-refractivity contribution in [2.45, 2.75) is 0 Å². The molecule has 3 N–H and O–H groups in total. The normalized spacial score (nSPS) is 11.1. The van der Waals surface area contributed by atoms with Gasteiger partial charge in [0, 0.05) is 11.1 Å². The van der Waals surface area contributed by atoms with Crippen LogP contribution >= 0.6 is 0 Å². The second-order valence-electron chi connectivity index (χ2n) is 4.36. The van der Waals surface area contributed by atoms with Gasteiger partial charge in [0.25, 0.3) is 0 Å². The van der Waals surface area contributed by atoms with Crippen molar-refractivity contribution in [2.24, 2.45) is 5.73 Å². The molecule has 0 aliphatic rings. The highest BCUT2D eigenvalue weighted by Gasteiger charge is 2.12. The first-order valence-electron chi connectivity index (χ1n) is 5.84. The summed E-state index contributed by atoms with van der Waals surface area (Å²) in [5.41, 5.74) is 7.32. The monoisotopic (exact) mass is 290 g/mol. The number of benzene rings is 2. The molecule has 0 spiro atoms. The number of rotatable bonds is 4. The molecule has 0 aliphatic carbocycles. The Kier molecular flexibility index (Phi) is 3.76. The Balaban J connectivity index is 2.59. The van der Waals surface area contributed by atoms with Gasteiger partial charge in [-0.25, -0.2) is 8.42 Å². The molecule has 0 fully saturated rings. The van der Waals surface area contributed by atoms with Crippen molar-refractivity contribution in [1.29, 1.82) is 0 Å². The summed E-state index contributed by atoms with van der Waals surface area (Å²) in [6.45, 7) is 0. The van der Waals surface area contributed by atoms with Crippen LogP contribution < -0.4 is 10.5 Å². The van der Waals surface area contributed by atoms with Gasteiger partial charge in [0.15, 0.2) is 0 Å². The number of hydrogen-bond donors (Lipinski definition) is 2. The van der Waals surface area contributed by atoms with Crippen LogP contribution in [0.3, 0.4) is 0 Å². The molecule has 0 aromatic heterocycles. The van der Waals surface area contributed by atoms with E-state index in [0.717, 1.165) is 11.8 Å². The maximum absolute atomic E-state index is 11.4. The van der Waals surface area contributed by atoms with Gasteiger partial charge in [0.2, 0.25) is 15.9 Å². The van der Waals surface area contributed by atoms with Crippen LogP contribution in [-0.2, 0) is 10.0 Å². The summed E-state index contributed by atoms with van der Waals surface area (Å²) in [7, 11) is -3.45. The van der Waals surface area contributed by atoms with Crippen molar-refractivity contribution in [3.8, 4) is 11.1 Å². The average molecular weight is 290 g/mol. The average Bonchev–Trinajstić information content (AvgIpc) is 2.37. The molecule has 104 valence electrons. The predicted molar refractivity (Wildman–Crippen MR) is 78.9 cm³/mol. The molecule has 0 saturated heterocycles. The Morgan fingerprint density at radius 2 is 1.75 bits per heavy atom. The number of carbonyl (C=O) groups excluding carboxylic acids is 1. The van der Waals surface area contributed by atoms with Gasteiger partial charge in [-0.15, -0.1) is 0 Å². The molecule has 0 aliphatic heterocycles. The van der Waals surface area contributed by atoms with E-state index in [1.54, 1.807) is 12.1 Å². The number of sulfonamides is 1. The molecule has 2 rings (SSSR count). The number of primary amides is 1. The number of nitrogens with one attached hydrogen (secondary N) is 1. The van der Waals surface area contributed by atoms with Gasteiger partial charge < -0.3 is 5.73 Å². The van der Waals surface area contributed by atoms with E-state index in [1.807, 2.05) is 30.3 Å². The third kappa shape index (κ3) is 3.36. The van der Waals surface area contributed by atoms with Gasteiger partial charge >= 0.3 is 0 Å². The molecular formula is C14H14N2O3S. The van der Waals surface area contributed by atoms with Crippen molar-refractivity contribution in [1.82, 2.24) is 0 Å². The van der Waals surface area contributed by atoms with Crippen molar-refractivity contribution in [3.63, 3.8) is 0 Å². The van der Waals surface area contributed by atoms with E-state index in [1.165, 1.54) is 6.07 Å². The van der Waals surface area contributed by atoms with Gasteiger partial charge in [0.05, 0.1) is 11.9 Å². The van der Waals surface area contributed by atoms with E-state index in [-0.39, 0.29) is 5.56 Å². The minimum absolute atomic E-state index is 0.246. The van der Waals surface area contributed by atoms with E-state index < -0.39 is 15.9 Å². The van der Waals surface area contributed by atoms with Crippen LogP contribution in [0.4, 0.5) is 5.69 Å². The van der Waals surface area contributed by atoms with Crippen LogP contribution in [0, 0.1) is 0 Å². The Labute approximate surface area is 117 Å². The fraction of sp³-hybridized carbons (Fsp3) is 0.0714. The zero-order valence-electron chi connectivity index (χ0n) is 10.8. The third-order valence-electron chi connectivity index (χ3n) is 2.68. The van der Waals surface area contributed by atoms with Gasteiger partial charge in [-0.2, -0.15) is 0 Å².